The zero-order valence-corrected chi connectivity index (χ0v) is 18.6. The van der Waals surface area contributed by atoms with E-state index in [1.54, 1.807) is 19.1 Å². The van der Waals surface area contributed by atoms with Gasteiger partial charge >= 0.3 is 17.7 Å². The number of carbonyl (C=O) groups excluding carboxylic acids is 2. The lowest BCUT2D eigenvalue weighted by Gasteiger charge is -2.09. The van der Waals surface area contributed by atoms with E-state index in [1.807, 2.05) is 0 Å². The molecular weight excluding hydrogens is 461 g/mol. The molecule has 2 heterocycles. The summed E-state index contributed by atoms with van der Waals surface area (Å²) in [6.45, 7) is 1.74. The number of esters is 1. The summed E-state index contributed by atoms with van der Waals surface area (Å²) >= 11 is 0. The van der Waals surface area contributed by atoms with E-state index >= 15 is 0 Å². The molecule has 11 heteroatoms. The third-order valence-electron chi connectivity index (χ3n) is 4.85. The maximum absolute atomic E-state index is 13.1. The first-order chi connectivity index (χ1) is 16.9. The largest absolute Gasteiger partial charge is 0.461 e. The van der Waals surface area contributed by atoms with Gasteiger partial charge in [0.1, 0.15) is 18.0 Å². The zero-order chi connectivity index (χ0) is 24.8. The molecule has 2 aromatic carbocycles. The summed E-state index contributed by atoms with van der Waals surface area (Å²) in [5.41, 5.74) is 1.00. The molecule has 0 unspecified atom stereocenters. The van der Waals surface area contributed by atoms with Gasteiger partial charge in [0.15, 0.2) is 0 Å². The van der Waals surface area contributed by atoms with Crippen molar-refractivity contribution in [3.8, 4) is 11.4 Å². The summed E-state index contributed by atoms with van der Waals surface area (Å²) in [7, 11) is 0. The minimum absolute atomic E-state index is 0.0297. The van der Waals surface area contributed by atoms with Crippen molar-refractivity contribution in [2.24, 2.45) is 0 Å². The van der Waals surface area contributed by atoms with E-state index in [1.165, 1.54) is 36.4 Å². The van der Waals surface area contributed by atoms with Gasteiger partial charge in [0.2, 0.25) is 11.7 Å². The SMILES string of the molecule is CCOC(=O)Nc1ccc2c(COC(=O)CCc3nc(-c4ccc(F)cc4)no3)cc(=O)oc2c1. The van der Waals surface area contributed by atoms with Crippen LogP contribution in [0.25, 0.3) is 22.4 Å². The molecular formula is C24H20FN3O7. The molecule has 180 valence electrons. The van der Waals surface area contributed by atoms with Crippen LogP contribution in [0.2, 0.25) is 0 Å². The standard InChI is InChI=1S/C24H20FN3O7/c1-2-32-24(31)26-17-7-8-18-15(11-22(30)34-19(18)12-17)13-33-21(29)10-9-20-27-23(28-35-20)14-3-5-16(25)6-4-14/h3-8,11-12H,2,9-10,13H2,1H3,(H,26,31). The molecule has 35 heavy (non-hydrogen) atoms. The van der Waals surface area contributed by atoms with E-state index in [4.69, 9.17) is 18.4 Å². The fourth-order valence-corrected chi connectivity index (χ4v) is 3.22. The van der Waals surface area contributed by atoms with Crippen LogP contribution in [-0.2, 0) is 27.3 Å². The molecule has 0 saturated heterocycles. The summed E-state index contributed by atoms with van der Waals surface area (Å²) in [4.78, 5) is 40.0. The van der Waals surface area contributed by atoms with E-state index in [9.17, 15) is 18.8 Å². The second-order valence-corrected chi connectivity index (χ2v) is 7.33. The summed E-state index contributed by atoms with van der Waals surface area (Å²) in [6, 6.07) is 11.6. The highest BCUT2D eigenvalue weighted by Gasteiger charge is 2.14. The van der Waals surface area contributed by atoms with Gasteiger partial charge in [-0.1, -0.05) is 5.16 Å². The quantitative estimate of drug-likeness (QED) is 0.290. The number of anilines is 1. The van der Waals surface area contributed by atoms with Crippen LogP contribution in [0.1, 0.15) is 24.8 Å². The van der Waals surface area contributed by atoms with Crippen molar-refractivity contribution in [1.29, 1.82) is 0 Å². The average Bonchev–Trinajstić information content (AvgIpc) is 3.30. The normalized spacial score (nSPS) is 10.8. The van der Waals surface area contributed by atoms with Gasteiger partial charge in [-0.05, 0) is 43.3 Å². The van der Waals surface area contributed by atoms with Crippen molar-refractivity contribution >= 4 is 28.7 Å². The lowest BCUT2D eigenvalue weighted by molar-refractivity contribution is -0.145. The first-order valence-electron chi connectivity index (χ1n) is 10.7. The summed E-state index contributed by atoms with van der Waals surface area (Å²) in [6.07, 6.45) is -0.517. The van der Waals surface area contributed by atoms with Gasteiger partial charge < -0.3 is 18.4 Å². The van der Waals surface area contributed by atoms with Crippen LogP contribution in [0.3, 0.4) is 0 Å². The van der Waals surface area contributed by atoms with Crippen molar-refractivity contribution in [1.82, 2.24) is 10.1 Å². The number of rotatable bonds is 8. The highest BCUT2D eigenvalue weighted by atomic mass is 19.1. The summed E-state index contributed by atoms with van der Waals surface area (Å²) in [5, 5.41) is 6.90. The smallest absolute Gasteiger partial charge is 0.411 e. The van der Waals surface area contributed by atoms with Crippen molar-refractivity contribution in [2.45, 2.75) is 26.4 Å². The number of aromatic nitrogens is 2. The Kier molecular flexibility index (Phi) is 7.15. The van der Waals surface area contributed by atoms with Crippen LogP contribution in [-0.4, -0.2) is 28.8 Å². The lowest BCUT2D eigenvalue weighted by atomic mass is 10.1. The predicted octanol–water partition coefficient (Wildman–Crippen LogP) is 4.23. The number of hydrogen-bond donors (Lipinski definition) is 1. The van der Waals surface area contributed by atoms with Crippen molar-refractivity contribution < 1.29 is 32.4 Å². The third kappa shape index (κ3) is 6.08. The molecule has 1 N–H and O–H groups in total. The number of ether oxygens (including phenoxy) is 2. The lowest BCUT2D eigenvalue weighted by Crippen LogP contribution is -2.13. The first kappa shape index (κ1) is 23.6. The third-order valence-corrected chi connectivity index (χ3v) is 4.85. The average molecular weight is 481 g/mol. The van der Waals surface area contributed by atoms with E-state index < -0.39 is 17.7 Å². The van der Waals surface area contributed by atoms with Crippen LogP contribution in [0.5, 0.6) is 0 Å². The Balaban J connectivity index is 1.36. The molecule has 0 radical (unpaired) electrons. The number of nitrogens with one attached hydrogen (secondary N) is 1. The van der Waals surface area contributed by atoms with Crippen molar-refractivity contribution in [3.63, 3.8) is 0 Å². The highest BCUT2D eigenvalue weighted by molar-refractivity contribution is 5.90. The molecule has 2 aromatic heterocycles. The number of fused-ring (bicyclic) bond motifs is 1. The second-order valence-electron chi connectivity index (χ2n) is 7.33. The number of amides is 1. The van der Waals surface area contributed by atoms with Gasteiger partial charge in [-0.25, -0.2) is 14.0 Å². The van der Waals surface area contributed by atoms with Crippen LogP contribution < -0.4 is 10.9 Å². The topological polar surface area (TPSA) is 134 Å². The highest BCUT2D eigenvalue weighted by Crippen LogP contribution is 2.22. The molecule has 4 aromatic rings. The molecule has 0 bridgehead atoms. The number of hydrogen-bond acceptors (Lipinski definition) is 9. The Morgan fingerprint density at radius 3 is 2.66 bits per heavy atom. The molecule has 0 aliphatic rings. The van der Waals surface area contributed by atoms with E-state index in [-0.39, 0.29) is 49.2 Å². The predicted molar refractivity (Wildman–Crippen MR) is 121 cm³/mol. The number of benzene rings is 2. The fourth-order valence-electron chi connectivity index (χ4n) is 3.22. The Morgan fingerprint density at radius 1 is 1.09 bits per heavy atom. The van der Waals surface area contributed by atoms with Gasteiger partial charge in [-0.3, -0.25) is 10.1 Å². The zero-order valence-electron chi connectivity index (χ0n) is 18.6. The monoisotopic (exact) mass is 481 g/mol. The van der Waals surface area contributed by atoms with Crippen molar-refractivity contribution in [3.05, 3.63) is 76.2 Å². The molecule has 0 spiro atoms. The minimum atomic E-state index is -0.634. The van der Waals surface area contributed by atoms with Gasteiger partial charge in [-0.2, -0.15) is 4.98 Å². The molecule has 4 rings (SSSR count). The second kappa shape index (κ2) is 10.6. The molecule has 0 aliphatic carbocycles. The van der Waals surface area contributed by atoms with E-state index in [0.717, 1.165) is 0 Å². The number of carbonyl (C=O) groups is 2. The van der Waals surface area contributed by atoms with Crippen LogP contribution in [0, 0.1) is 5.82 Å². The van der Waals surface area contributed by atoms with Gasteiger partial charge in [0, 0.05) is 40.8 Å². The Hall–Kier alpha value is -4.54. The molecule has 0 saturated carbocycles. The number of aryl methyl sites for hydroxylation is 1. The van der Waals surface area contributed by atoms with E-state index in [2.05, 4.69) is 15.5 Å². The van der Waals surface area contributed by atoms with Crippen LogP contribution in [0.4, 0.5) is 14.9 Å². The molecule has 10 nitrogen and oxygen atoms in total. The Bertz CT molecular complexity index is 1410. The van der Waals surface area contributed by atoms with Crippen molar-refractivity contribution in [2.75, 3.05) is 11.9 Å². The maximum atomic E-state index is 13.1. The Morgan fingerprint density at radius 2 is 1.89 bits per heavy atom. The van der Waals surface area contributed by atoms with Gasteiger partial charge in [0.05, 0.1) is 13.0 Å². The summed E-state index contributed by atoms with van der Waals surface area (Å²) in [5.74, 6) is -0.396. The van der Waals surface area contributed by atoms with E-state index in [0.29, 0.717) is 22.2 Å². The fraction of sp³-hybridized carbons (Fsp3) is 0.208. The van der Waals surface area contributed by atoms with Gasteiger partial charge in [-0.15, -0.1) is 0 Å². The first-order valence-corrected chi connectivity index (χ1v) is 10.7. The molecule has 0 fully saturated rings. The molecule has 1 amide bonds. The summed E-state index contributed by atoms with van der Waals surface area (Å²) < 4.78 is 33.5. The molecule has 0 aliphatic heterocycles. The minimum Gasteiger partial charge on any atom is -0.461 e. The van der Waals surface area contributed by atoms with Crippen LogP contribution in [0.15, 0.2) is 62.3 Å². The number of nitrogens with zero attached hydrogens (tertiary/aromatic N) is 2. The Labute approximate surface area is 197 Å². The number of halogens is 1. The molecule has 0 atom stereocenters. The van der Waals surface area contributed by atoms with Gasteiger partial charge in [0.25, 0.3) is 0 Å². The maximum Gasteiger partial charge on any atom is 0.411 e. The van der Waals surface area contributed by atoms with Crippen LogP contribution >= 0.6 is 0 Å².